The van der Waals surface area contributed by atoms with E-state index in [9.17, 15) is 9.90 Å². The van der Waals surface area contributed by atoms with Gasteiger partial charge in [0.25, 0.3) is 0 Å². The predicted octanol–water partition coefficient (Wildman–Crippen LogP) is 2.72. The summed E-state index contributed by atoms with van der Waals surface area (Å²) in [6.07, 6.45) is -0.760. The number of epoxide rings is 1. The van der Waals surface area contributed by atoms with E-state index in [2.05, 4.69) is 0 Å². The first kappa shape index (κ1) is 12.7. The molecule has 4 nitrogen and oxygen atoms in total. The molecule has 0 saturated carbocycles. The highest BCUT2D eigenvalue weighted by Gasteiger charge is 2.46. The molecule has 0 radical (unpaired) electrons. The van der Waals surface area contributed by atoms with Crippen molar-refractivity contribution in [3.05, 3.63) is 59.7 Å². The Labute approximate surface area is 116 Å². The summed E-state index contributed by atoms with van der Waals surface area (Å²) >= 11 is 0. The second-order valence-corrected chi connectivity index (χ2v) is 4.63. The maximum atomic E-state index is 12.2. The van der Waals surface area contributed by atoms with Gasteiger partial charge in [0, 0.05) is 0 Å². The number of Topliss-reactive ketones (excluding diaryl/α,β-unsaturated/α-hetero) is 1. The van der Waals surface area contributed by atoms with Gasteiger partial charge in [0.1, 0.15) is 17.6 Å². The zero-order valence-electron chi connectivity index (χ0n) is 10.9. The van der Waals surface area contributed by atoms with Crippen LogP contribution >= 0.6 is 0 Å². The van der Waals surface area contributed by atoms with Gasteiger partial charge >= 0.3 is 0 Å². The maximum absolute atomic E-state index is 12.2. The molecule has 102 valence electrons. The van der Waals surface area contributed by atoms with Crippen molar-refractivity contribution in [2.45, 2.75) is 12.2 Å². The van der Waals surface area contributed by atoms with Gasteiger partial charge < -0.3 is 14.6 Å². The first-order valence-electron chi connectivity index (χ1n) is 6.32. The number of rotatable bonds is 4. The summed E-state index contributed by atoms with van der Waals surface area (Å²) in [4.78, 5) is 12.2. The van der Waals surface area contributed by atoms with Crippen LogP contribution in [0, 0.1) is 0 Å². The van der Waals surface area contributed by atoms with E-state index in [1.54, 1.807) is 25.3 Å². The van der Waals surface area contributed by atoms with E-state index in [0.29, 0.717) is 5.56 Å². The number of hydrogen-bond acceptors (Lipinski definition) is 4. The second-order valence-electron chi connectivity index (χ2n) is 4.63. The molecule has 1 aliphatic heterocycles. The van der Waals surface area contributed by atoms with Crippen LogP contribution in [0.15, 0.2) is 48.5 Å². The van der Waals surface area contributed by atoms with Gasteiger partial charge in [0.2, 0.25) is 0 Å². The van der Waals surface area contributed by atoms with Crippen molar-refractivity contribution < 1.29 is 19.4 Å². The van der Waals surface area contributed by atoms with Crippen LogP contribution in [-0.4, -0.2) is 24.1 Å². The summed E-state index contributed by atoms with van der Waals surface area (Å²) in [5.74, 6) is 0.559. The standard InChI is InChI=1S/C16H14O4/c1-19-11-8-6-10(7-9-11)15-16(20-15)14(18)12-4-2-3-5-13(12)17/h2-9,15-17H,1H3/t15-,16-/m1/s1. The Hall–Kier alpha value is -2.33. The number of methoxy groups -OCH3 is 1. The first-order chi connectivity index (χ1) is 9.70. The Morgan fingerprint density at radius 2 is 1.85 bits per heavy atom. The van der Waals surface area contributed by atoms with E-state index in [1.165, 1.54) is 6.07 Å². The Kier molecular flexibility index (Phi) is 3.16. The number of carbonyl (C=O) groups is 1. The average Bonchev–Trinajstić information content (AvgIpc) is 3.28. The Morgan fingerprint density at radius 3 is 2.50 bits per heavy atom. The number of carbonyl (C=O) groups excluding carboxylic acids is 1. The Morgan fingerprint density at radius 1 is 1.15 bits per heavy atom. The lowest BCUT2D eigenvalue weighted by Crippen LogP contribution is -2.08. The molecule has 0 bridgehead atoms. The minimum Gasteiger partial charge on any atom is -0.507 e. The van der Waals surface area contributed by atoms with Crippen LogP contribution in [0.25, 0.3) is 0 Å². The van der Waals surface area contributed by atoms with Crippen LogP contribution < -0.4 is 4.74 Å². The van der Waals surface area contributed by atoms with Crippen molar-refractivity contribution in [2.24, 2.45) is 0 Å². The lowest BCUT2D eigenvalue weighted by Gasteiger charge is -2.02. The molecule has 0 unspecified atom stereocenters. The smallest absolute Gasteiger partial charge is 0.198 e. The lowest BCUT2D eigenvalue weighted by atomic mass is 10.0. The molecule has 1 aliphatic rings. The molecule has 20 heavy (non-hydrogen) atoms. The van der Waals surface area contributed by atoms with Crippen molar-refractivity contribution in [2.75, 3.05) is 7.11 Å². The first-order valence-corrected chi connectivity index (χ1v) is 6.32. The van der Waals surface area contributed by atoms with Gasteiger partial charge in [0.05, 0.1) is 12.7 Å². The zero-order valence-corrected chi connectivity index (χ0v) is 10.9. The minimum absolute atomic E-state index is 0.0125. The molecule has 1 saturated heterocycles. The van der Waals surface area contributed by atoms with Gasteiger partial charge in [-0.3, -0.25) is 4.79 Å². The van der Waals surface area contributed by atoms with E-state index in [1.807, 2.05) is 24.3 Å². The molecule has 1 heterocycles. The van der Waals surface area contributed by atoms with Crippen molar-refractivity contribution >= 4 is 5.78 Å². The van der Waals surface area contributed by atoms with E-state index in [4.69, 9.17) is 9.47 Å². The van der Waals surface area contributed by atoms with Crippen LogP contribution in [0.4, 0.5) is 0 Å². The molecule has 0 aliphatic carbocycles. The summed E-state index contributed by atoms with van der Waals surface area (Å²) in [6.45, 7) is 0. The van der Waals surface area contributed by atoms with Crippen molar-refractivity contribution in [1.82, 2.24) is 0 Å². The molecule has 1 N–H and O–H groups in total. The number of aromatic hydroxyl groups is 1. The van der Waals surface area contributed by atoms with E-state index < -0.39 is 6.10 Å². The molecule has 4 heteroatoms. The summed E-state index contributed by atoms with van der Waals surface area (Å²) < 4.78 is 10.5. The van der Waals surface area contributed by atoms with Crippen LogP contribution in [0.1, 0.15) is 22.0 Å². The van der Waals surface area contributed by atoms with Crippen LogP contribution in [0.2, 0.25) is 0 Å². The zero-order chi connectivity index (χ0) is 14.1. The summed E-state index contributed by atoms with van der Waals surface area (Å²) in [6, 6.07) is 13.9. The number of benzene rings is 2. The molecule has 1 fully saturated rings. The fraction of sp³-hybridized carbons (Fsp3) is 0.188. The van der Waals surface area contributed by atoms with E-state index in [-0.39, 0.29) is 17.6 Å². The van der Waals surface area contributed by atoms with Crippen LogP contribution in [0.5, 0.6) is 11.5 Å². The second kappa shape index (κ2) is 4.98. The van der Waals surface area contributed by atoms with Crippen LogP contribution in [0.3, 0.4) is 0 Å². The van der Waals surface area contributed by atoms with Gasteiger partial charge in [-0.2, -0.15) is 0 Å². The molecule has 0 spiro atoms. The normalized spacial score (nSPS) is 20.4. The van der Waals surface area contributed by atoms with Crippen molar-refractivity contribution in [3.63, 3.8) is 0 Å². The number of ether oxygens (including phenoxy) is 2. The largest absolute Gasteiger partial charge is 0.507 e. The summed E-state index contributed by atoms with van der Waals surface area (Å²) in [7, 11) is 1.60. The highest BCUT2D eigenvalue weighted by molar-refractivity contribution is 6.03. The molecule has 0 aromatic heterocycles. The SMILES string of the molecule is COc1ccc([C@H]2O[C@@H]2C(=O)c2ccccc2O)cc1. The van der Waals surface area contributed by atoms with Crippen molar-refractivity contribution in [3.8, 4) is 11.5 Å². The fourth-order valence-corrected chi connectivity index (χ4v) is 2.19. The Balaban J connectivity index is 1.75. The summed E-state index contributed by atoms with van der Waals surface area (Å²) in [5, 5.41) is 9.69. The van der Waals surface area contributed by atoms with Crippen LogP contribution in [-0.2, 0) is 4.74 Å². The lowest BCUT2D eigenvalue weighted by molar-refractivity contribution is 0.0951. The van der Waals surface area contributed by atoms with E-state index >= 15 is 0 Å². The van der Waals surface area contributed by atoms with Gasteiger partial charge in [-0.25, -0.2) is 0 Å². The molecular formula is C16H14O4. The van der Waals surface area contributed by atoms with Gasteiger partial charge in [-0.05, 0) is 29.8 Å². The number of hydrogen-bond donors (Lipinski definition) is 1. The topological polar surface area (TPSA) is 59.1 Å². The molecular weight excluding hydrogens is 256 g/mol. The maximum Gasteiger partial charge on any atom is 0.198 e. The third-order valence-corrected chi connectivity index (χ3v) is 3.36. The molecule has 3 rings (SSSR count). The molecule has 2 atom stereocenters. The highest BCUT2D eigenvalue weighted by Crippen LogP contribution is 2.41. The summed E-state index contributed by atoms with van der Waals surface area (Å²) in [5.41, 5.74) is 1.23. The van der Waals surface area contributed by atoms with Gasteiger partial charge in [-0.15, -0.1) is 0 Å². The quantitative estimate of drug-likeness (QED) is 0.685. The number of para-hydroxylation sites is 1. The van der Waals surface area contributed by atoms with Gasteiger partial charge in [-0.1, -0.05) is 24.3 Å². The number of phenolic OH excluding ortho intramolecular Hbond substituents is 1. The van der Waals surface area contributed by atoms with Crippen molar-refractivity contribution in [1.29, 1.82) is 0 Å². The minimum atomic E-state index is -0.517. The molecule has 2 aromatic rings. The molecule has 2 aromatic carbocycles. The number of ketones is 1. The number of phenols is 1. The predicted molar refractivity (Wildman–Crippen MR) is 73.0 cm³/mol. The molecule has 0 amide bonds. The Bertz CT molecular complexity index is 633. The van der Waals surface area contributed by atoms with Gasteiger partial charge in [0.15, 0.2) is 11.9 Å². The third-order valence-electron chi connectivity index (χ3n) is 3.36. The monoisotopic (exact) mass is 270 g/mol. The highest BCUT2D eigenvalue weighted by atomic mass is 16.6. The van der Waals surface area contributed by atoms with E-state index in [0.717, 1.165) is 11.3 Å². The average molecular weight is 270 g/mol. The fourth-order valence-electron chi connectivity index (χ4n) is 2.19. The third kappa shape index (κ3) is 2.26.